The molecule has 156 valence electrons. The second-order valence-corrected chi connectivity index (χ2v) is 7.17. The van der Waals surface area contributed by atoms with Gasteiger partial charge in [0.2, 0.25) is 0 Å². The third-order valence-corrected chi connectivity index (χ3v) is 5.02. The largest absolute Gasteiger partial charge is 0.494 e. The van der Waals surface area contributed by atoms with Crippen LogP contribution < -0.4 is 20.3 Å². The van der Waals surface area contributed by atoms with Crippen LogP contribution in [0.2, 0.25) is 0 Å². The summed E-state index contributed by atoms with van der Waals surface area (Å²) in [6.45, 7) is 7.77. The number of aromatic nitrogens is 1. The standard InChI is InChI=1S/C23H26N4O3/c1-3-30-19-7-4-17(5-8-19)24-23(28)25-18-6-9-21-20(15-18)16(2)14-22(26-21)27-10-12-29-13-11-27/h4-9,14-15H,3,10-13H2,1-2H3,(H2,24,25,28). The predicted octanol–water partition coefficient (Wildman–Crippen LogP) is 4.42. The average Bonchev–Trinajstić information content (AvgIpc) is 2.76. The van der Waals surface area contributed by atoms with Crippen molar-refractivity contribution in [3.63, 3.8) is 0 Å². The molecule has 1 aromatic heterocycles. The minimum atomic E-state index is -0.297. The molecule has 0 unspecified atom stereocenters. The second kappa shape index (κ2) is 9.00. The lowest BCUT2D eigenvalue weighted by Crippen LogP contribution is -2.36. The summed E-state index contributed by atoms with van der Waals surface area (Å²) in [5, 5.41) is 6.75. The van der Waals surface area contributed by atoms with Crippen molar-refractivity contribution in [2.75, 3.05) is 48.4 Å². The number of pyridine rings is 1. The van der Waals surface area contributed by atoms with E-state index in [0.717, 1.165) is 60.0 Å². The van der Waals surface area contributed by atoms with E-state index in [2.05, 4.69) is 28.5 Å². The molecule has 0 atom stereocenters. The van der Waals surface area contributed by atoms with Gasteiger partial charge in [-0.1, -0.05) is 0 Å². The van der Waals surface area contributed by atoms with E-state index < -0.39 is 0 Å². The van der Waals surface area contributed by atoms with E-state index in [4.69, 9.17) is 14.5 Å². The Labute approximate surface area is 176 Å². The number of amides is 2. The molecule has 4 rings (SSSR count). The number of fused-ring (bicyclic) bond motifs is 1. The minimum Gasteiger partial charge on any atom is -0.494 e. The molecule has 2 N–H and O–H groups in total. The maximum absolute atomic E-state index is 12.4. The Morgan fingerprint density at radius 1 is 1.07 bits per heavy atom. The molecule has 30 heavy (non-hydrogen) atoms. The van der Waals surface area contributed by atoms with Crippen LogP contribution in [0, 0.1) is 6.92 Å². The molecule has 0 saturated carbocycles. The lowest BCUT2D eigenvalue weighted by molar-refractivity contribution is 0.122. The lowest BCUT2D eigenvalue weighted by Gasteiger charge is -2.28. The van der Waals surface area contributed by atoms with Crippen molar-refractivity contribution in [1.29, 1.82) is 0 Å². The average molecular weight is 406 g/mol. The van der Waals surface area contributed by atoms with Gasteiger partial charge in [0, 0.05) is 29.9 Å². The molecule has 1 aliphatic rings. The van der Waals surface area contributed by atoms with Crippen LogP contribution in [0.4, 0.5) is 22.0 Å². The summed E-state index contributed by atoms with van der Waals surface area (Å²) in [5.41, 5.74) is 3.45. The number of carbonyl (C=O) groups excluding carboxylic acids is 1. The van der Waals surface area contributed by atoms with Crippen molar-refractivity contribution >= 4 is 34.1 Å². The fourth-order valence-corrected chi connectivity index (χ4v) is 3.50. The van der Waals surface area contributed by atoms with E-state index in [1.807, 2.05) is 49.4 Å². The Morgan fingerprint density at radius 2 is 1.77 bits per heavy atom. The second-order valence-electron chi connectivity index (χ2n) is 7.17. The summed E-state index contributed by atoms with van der Waals surface area (Å²) >= 11 is 0. The Morgan fingerprint density at radius 3 is 2.50 bits per heavy atom. The van der Waals surface area contributed by atoms with Crippen LogP contribution >= 0.6 is 0 Å². The van der Waals surface area contributed by atoms with Crippen LogP contribution in [0.1, 0.15) is 12.5 Å². The van der Waals surface area contributed by atoms with Crippen molar-refractivity contribution in [2.45, 2.75) is 13.8 Å². The number of aryl methyl sites for hydroxylation is 1. The van der Waals surface area contributed by atoms with E-state index in [1.54, 1.807) is 0 Å². The molecule has 3 aromatic rings. The first-order valence-corrected chi connectivity index (χ1v) is 10.2. The number of urea groups is 1. The van der Waals surface area contributed by atoms with Crippen molar-refractivity contribution < 1.29 is 14.3 Å². The summed E-state index contributed by atoms with van der Waals surface area (Å²) in [4.78, 5) is 19.4. The summed E-state index contributed by atoms with van der Waals surface area (Å²) in [6, 6.07) is 14.9. The summed E-state index contributed by atoms with van der Waals surface area (Å²) in [7, 11) is 0. The van der Waals surface area contributed by atoms with E-state index in [9.17, 15) is 4.79 Å². The van der Waals surface area contributed by atoms with Crippen molar-refractivity contribution in [3.8, 4) is 5.75 Å². The smallest absolute Gasteiger partial charge is 0.323 e. The zero-order valence-electron chi connectivity index (χ0n) is 17.3. The summed E-state index contributed by atoms with van der Waals surface area (Å²) in [6.07, 6.45) is 0. The van der Waals surface area contributed by atoms with E-state index >= 15 is 0 Å². The Hall–Kier alpha value is -3.32. The molecule has 0 radical (unpaired) electrons. The number of benzene rings is 2. The van der Waals surface area contributed by atoms with Gasteiger partial charge in [-0.15, -0.1) is 0 Å². The highest BCUT2D eigenvalue weighted by molar-refractivity contribution is 6.01. The number of hydrogen-bond acceptors (Lipinski definition) is 5. The van der Waals surface area contributed by atoms with Crippen LogP contribution in [0.3, 0.4) is 0 Å². The first kappa shape index (κ1) is 20.0. The molecule has 2 aromatic carbocycles. The lowest BCUT2D eigenvalue weighted by atomic mass is 10.1. The van der Waals surface area contributed by atoms with Crippen molar-refractivity contribution in [3.05, 3.63) is 54.1 Å². The van der Waals surface area contributed by atoms with Gasteiger partial charge in [0.15, 0.2) is 0 Å². The number of carbonyl (C=O) groups is 1. The highest BCUT2D eigenvalue weighted by atomic mass is 16.5. The fraction of sp³-hybridized carbons (Fsp3) is 0.304. The summed E-state index contributed by atoms with van der Waals surface area (Å²) in [5.74, 6) is 1.75. The molecular formula is C23H26N4O3. The maximum Gasteiger partial charge on any atom is 0.323 e. The van der Waals surface area contributed by atoms with Gasteiger partial charge >= 0.3 is 6.03 Å². The van der Waals surface area contributed by atoms with Crippen LogP contribution in [0.25, 0.3) is 10.9 Å². The van der Waals surface area contributed by atoms with Crippen LogP contribution in [0.5, 0.6) is 5.75 Å². The van der Waals surface area contributed by atoms with Gasteiger partial charge < -0.3 is 25.0 Å². The monoisotopic (exact) mass is 406 g/mol. The minimum absolute atomic E-state index is 0.297. The van der Waals surface area contributed by atoms with Gasteiger partial charge in [-0.2, -0.15) is 0 Å². The van der Waals surface area contributed by atoms with Crippen LogP contribution in [-0.4, -0.2) is 43.9 Å². The van der Waals surface area contributed by atoms with Crippen molar-refractivity contribution in [1.82, 2.24) is 4.98 Å². The number of nitrogens with zero attached hydrogens (tertiary/aromatic N) is 2. The van der Waals surface area contributed by atoms with Gasteiger partial charge in [0.25, 0.3) is 0 Å². The van der Waals surface area contributed by atoms with E-state index in [0.29, 0.717) is 12.3 Å². The predicted molar refractivity (Wildman–Crippen MR) is 120 cm³/mol. The molecule has 2 amide bonds. The molecular weight excluding hydrogens is 380 g/mol. The van der Waals surface area contributed by atoms with Crippen LogP contribution in [0.15, 0.2) is 48.5 Å². The molecule has 0 bridgehead atoms. The van der Waals surface area contributed by atoms with Gasteiger partial charge in [0.05, 0.1) is 25.3 Å². The fourth-order valence-electron chi connectivity index (χ4n) is 3.50. The topological polar surface area (TPSA) is 75.7 Å². The highest BCUT2D eigenvalue weighted by Crippen LogP contribution is 2.26. The first-order valence-electron chi connectivity index (χ1n) is 10.2. The Kier molecular flexibility index (Phi) is 5.99. The Bertz CT molecular complexity index is 1030. The van der Waals surface area contributed by atoms with Gasteiger partial charge in [-0.25, -0.2) is 9.78 Å². The van der Waals surface area contributed by atoms with E-state index in [-0.39, 0.29) is 6.03 Å². The van der Waals surface area contributed by atoms with Gasteiger partial charge in [-0.05, 0) is 67.9 Å². The summed E-state index contributed by atoms with van der Waals surface area (Å²) < 4.78 is 10.8. The molecule has 7 heteroatoms. The molecule has 1 saturated heterocycles. The number of hydrogen-bond donors (Lipinski definition) is 2. The molecule has 1 fully saturated rings. The normalized spacial score (nSPS) is 13.9. The maximum atomic E-state index is 12.4. The van der Waals surface area contributed by atoms with E-state index in [1.165, 1.54) is 0 Å². The number of morpholine rings is 1. The quantitative estimate of drug-likeness (QED) is 0.656. The zero-order valence-corrected chi connectivity index (χ0v) is 17.3. The molecule has 1 aliphatic heterocycles. The number of anilines is 3. The first-order chi connectivity index (χ1) is 14.6. The van der Waals surface area contributed by atoms with Crippen molar-refractivity contribution in [2.24, 2.45) is 0 Å². The molecule has 0 spiro atoms. The number of nitrogens with one attached hydrogen (secondary N) is 2. The highest BCUT2D eigenvalue weighted by Gasteiger charge is 2.14. The molecule has 0 aliphatic carbocycles. The third-order valence-electron chi connectivity index (χ3n) is 5.02. The number of rotatable bonds is 5. The Balaban J connectivity index is 1.46. The van der Waals surface area contributed by atoms with Crippen LogP contribution in [-0.2, 0) is 4.74 Å². The third kappa shape index (κ3) is 4.63. The molecule has 2 heterocycles. The number of ether oxygens (including phenoxy) is 2. The SMILES string of the molecule is CCOc1ccc(NC(=O)Nc2ccc3nc(N4CCOCC4)cc(C)c3c2)cc1. The zero-order chi connectivity index (χ0) is 20.9. The van der Waals surface area contributed by atoms with Gasteiger partial charge in [-0.3, -0.25) is 0 Å². The van der Waals surface area contributed by atoms with Gasteiger partial charge in [0.1, 0.15) is 11.6 Å². The molecule has 7 nitrogen and oxygen atoms in total.